The van der Waals surface area contributed by atoms with Crippen LogP contribution in [0.15, 0.2) is 24.3 Å². The Labute approximate surface area is 202 Å². The number of allylic oxidation sites excluding steroid dienone is 1. The summed E-state index contributed by atoms with van der Waals surface area (Å²) in [5, 5.41) is 7.12. The Morgan fingerprint density at radius 1 is 1.00 bits per heavy atom. The zero-order valence-corrected chi connectivity index (χ0v) is 19.7. The monoisotopic (exact) mass is 496 g/mol. The number of carbonyl (C=O) groups is 2. The number of halogens is 4. The van der Waals surface area contributed by atoms with Crippen LogP contribution in [0.3, 0.4) is 0 Å². The lowest BCUT2D eigenvalue weighted by Gasteiger charge is -2.31. The van der Waals surface area contributed by atoms with Crippen LogP contribution in [-0.4, -0.2) is 59.1 Å². The third-order valence-electron chi connectivity index (χ3n) is 7.65. The van der Waals surface area contributed by atoms with Gasteiger partial charge in [-0.3, -0.25) is 9.69 Å². The van der Waals surface area contributed by atoms with Crippen molar-refractivity contribution < 1.29 is 32.3 Å². The smallest absolute Gasteiger partial charge is 0.475 e. The summed E-state index contributed by atoms with van der Waals surface area (Å²) in [5.41, 5.74) is 2.86. The number of fused-ring (bicyclic) bond motifs is 4. The number of carboxylic acid groups (broad SMARTS) is 1. The highest BCUT2D eigenvalue weighted by Gasteiger charge is 2.38. The first-order valence-electron chi connectivity index (χ1n) is 12.4. The highest BCUT2D eigenvalue weighted by atomic mass is 19.4. The van der Waals surface area contributed by atoms with E-state index in [2.05, 4.69) is 15.9 Å². The minimum absolute atomic E-state index is 0.000150. The lowest BCUT2D eigenvalue weighted by Crippen LogP contribution is -2.40. The molecule has 5 nitrogen and oxygen atoms in total. The molecule has 1 amide bonds. The van der Waals surface area contributed by atoms with Gasteiger partial charge in [-0.25, -0.2) is 9.18 Å². The van der Waals surface area contributed by atoms with Crippen LogP contribution < -0.4 is 0 Å². The fourth-order valence-corrected chi connectivity index (χ4v) is 5.58. The van der Waals surface area contributed by atoms with E-state index in [0.29, 0.717) is 24.3 Å². The number of likely N-dealkylation sites (tertiary alicyclic amines) is 1. The lowest BCUT2D eigenvalue weighted by atomic mass is 9.81. The second-order valence-corrected chi connectivity index (χ2v) is 10.2. The minimum Gasteiger partial charge on any atom is -0.475 e. The van der Waals surface area contributed by atoms with E-state index < -0.39 is 12.1 Å². The summed E-state index contributed by atoms with van der Waals surface area (Å²) in [5.74, 6) is -1.14. The van der Waals surface area contributed by atoms with Gasteiger partial charge in [-0.15, -0.1) is 0 Å². The Hall–Kier alpha value is -2.42. The third-order valence-corrected chi connectivity index (χ3v) is 7.65. The molecule has 6 rings (SSSR count). The van der Waals surface area contributed by atoms with E-state index in [1.54, 1.807) is 6.07 Å². The maximum atomic E-state index is 14.6. The van der Waals surface area contributed by atoms with Gasteiger partial charge in [0.25, 0.3) is 0 Å². The number of aliphatic carboxylic acids is 1. The molecule has 35 heavy (non-hydrogen) atoms. The molecule has 2 bridgehead atoms. The van der Waals surface area contributed by atoms with Gasteiger partial charge in [0, 0.05) is 25.2 Å². The molecule has 0 radical (unpaired) electrons. The highest BCUT2D eigenvalue weighted by molar-refractivity contribution is 5.89. The summed E-state index contributed by atoms with van der Waals surface area (Å²) >= 11 is 0. The molecule has 0 aromatic heterocycles. The molecule has 3 saturated heterocycles. The van der Waals surface area contributed by atoms with Gasteiger partial charge in [-0.05, 0) is 87.1 Å². The molecule has 4 fully saturated rings. The number of hydrogen-bond donors (Lipinski definition) is 1. The first-order valence-corrected chi connectivity index (χ1v) is 12.4. The molecule has 1 N–H and O–H groups in total. The Balaban J connectivity index is 0.000000364. The summed E-state index contributed by atoms with van der Waals surface area (Å²) in [7, 11) is 0. The van der Waals surface area contributed by atoms with Crippen molar-refractivity contribution in [3.05, 3.63) is 41.2 Å². The fourth-order valence-electron chi connectivity index (χ4n) is 5.58. The van der Waals surface area contributed by atoms with E-state index in [9.17, 15) is 22.4 Å². The van der Waals surface area contributed by atoms with Gasteiger partial charge in [-0.1, -0.05) is 18.2 Å². The van der Waals surface area contributed by atoms with Crippen molar-refractivity contribution in [2.45, 2.75) is 57.7 Å². The van der Waals surface area contributed by atoms with E-state index in [-0.39, 0.29) is 11.7 Å². The molecule has 1 unspecified atom stereocenters. The van der Waals surface area contributed by atoms with E-state index in [1.165, 1.54) is 38.5 Å². The van der Waals surface area contributed by atoms with Crippen LogP contribution in [0.25, 0.3) is 5.57 Å². The van der Waals surface area contributed by atoms with Gasteiger partial charge < -0.3 is 10.0 Å². The van der Waals surface area contributed by atoms with Crippen LogP contribution in [-0.2, 0) is 16.1 Å². The molecule has 1 atom stereocenters. The molecule has 3 heterocycles. The number of carbonyl (C=O) groups excluding carboxylic acids is 1. The molecule has 1 aromatic carbocycles. The summed E-state index contributed by atoms with van der Waals surface area (Å²) in [6.07, 6.45) is 5.37. The van der Waals surface area contributed by atoms with Crippen LogP contribution in [0.2, 0.25) is 0 Å². The Morgan fingerprint density at radius 2 is 1.54 bits per heavy atom. The summed E-state index contributed by atoms with van der Waals surface area (Å²) in [4.78, 5) is 26.3. The minimum atomic E-state index is -5.08. The molecule has 5 aliphatic rings. The van der Waals surface area contributed by atoms with Gasteiger partial charge in [0.1, 0.15) is 5.82 Å². The summed E-state index contributed by atoms with van der Waals surface area (Å²) < 4.78 is 46.3. The fraction of sp³-hybridized carbons (Fsp3) is 0.615. The predicted octanol–water partition coefficient (Wildman–Crippen LogP) is 5.11. The molecule has 2 aliphatic carbocycles. The van der Waals surface area contributed by atoms with Gasteiger partial charge in [0.05, 0.1) is 5.92 Å². The zero-order valence-electron chi connectivity index (χ0n) is 19.7. The zero-order chi connectivity index (χ0) is 25.2. The molecule has 1 saturated carbocycles. The Kier molecular flexibility index (Phi) is 7.83. The van der Waals surface area contributed by atoms with Crippen LogP contribution in [0.4, 0.5) is 17.6 Å². The van der Waals surface area contributed by atoms with Crippen molar-refractivity contribution >= 4 is 17.4 Å². The largest absolute Gasteiger partial charge is 0.490 e. The van der Waals surface area contributed by atoms with Crippen molar-refractivity contribution in [3.63, 3.8) is 0 Å². The maximum absolute atomic E-state index is 14.6. The van der Waals surface area contributed by atoms with Gasteiger partial charge >= 0.3 is 12.1 Å². The molecular formula is C26H32F4N2O3. The molecule has 3 aliphatic heterocycles. The highest BCUT2D eigenvalue weighted by Crippen LogP contribution is 2.39. The Morgan fingerprint density at radius 3 is 2.03 bits per heavy atom. The molecule has 0 spiro atoms. The first kappa shape index (κ1) is 25.7. The van der Waals surface area contributed by atoms with Crippen LogP contribution in [0.5, 0.6) is 0 Å². The van der Waals surface area contributed by atoms with Gasteiger partial charge in [0.15, 0.2) is 0 Å². The number of alkyl halides is 3. The van der Waals surface area contributed by atoms with Gasteiger partial charge in [-0.2, -0.15) is 13.2 Å². The first-order chi connectivity index (χ1) is 16.6. The molecule has 1 aromatic rings. The Bertz CT molecular complexity index is 950. The van der Waals surface area contributed by atoms with Crippen molar-refractivity contribution in [2.75, 3.05) is 26.2 Å². The average Bonchev–Trinajstić information content (AvgIpc) is 3.09. The lowest BCUT2D eigenvalue weighted by molar-refractivity contribution is -0.192. The van der Waals surface area contributed by atoms with E-state index in [1.807, 2.05) is 12.1 Å². The van der Waals surface area contributed by atoms with Crippen LogP contribution >= 0.6 is 0 Å². The number of amides is 1. The maximum Gasteiger partial charge on any atom is 0.490 e. The van der Waals surface area contributed by atoms with Gasteiger partial charge in [0.2, 0.25) is 5.91 Å². The van der Waals surface area contributed by atoms with E-state index in [0.717, 1.165) is 49.3 Å². The topological polar surface area (TPSA) is 60.9 Å². The predicted molar refractivity (Wildman–Crippen MR) is 123 cm³/mol. The summed E-state index contributed by atoms with van der Waals surface area (Å²) in [6.45, 7) is 4.77. The average molecular weight is 497 g/mol. The number of nitrogens with zero attached hydrogens (tertiary/aromatic N) is 2. The number of carboxylic acids is 1. The SMILES string of the molecule is O=C(C1C=C(c2ccc(CN3CCCC3)c(F)c2)C1)N1CC2CCC(CC2)C1.O=C(O)C(F)(F)F. The standard InChI is InChI=1S/C24H31FN2O.C2HF3O2/c25-23-13-19(7-8-20(23)16-26-9-1-2-10-26)21-11-22(12-21)24(28)27-14-17-3-4-18(15-27)6-5-17;3-2(4,5)1(6)7/h7-8,11,13,17-18,22H,1-6,9-10,12,14-16H2;(H,6,7). The van der Waals surface area contributed by atoms with Crippen molar-refractivity contribution in [3.8, 4) is 0 Å². The number of rotatable bonds is 4. The summed E-state index contributed by atoms with van der Waals surface area (Å²) in [6, 6.07) is 5.64. The van der Waals surface area contributed by atoms with Crippen molar-refractivity contribution in [1.29, 1.82) is 0 Å². The second-order valence-electron chi connectivity index (χ2n) is 10.2. The van der Waals surface area contributed by atoms with Crippen LogP contribution in [0, 0.1) is 23.6 Å². The number of benzene rings is 1. The second kappa shape index (κ2) is 10.7. The van der Waals surface area contributed by atoms with E-state index in [4.69, 9.17) is 9.90 Å². The van der Waals surface area contributed by atoms with Crippen LogP contribution in [0.1, 0.15) is 56.1 Å². The third kappa shape index (κ3) is 6.42. The van der Waals surface area contributed by atoms with Crippen molar-refractivity contribution in [2.24, 2.45) is 17.8 Å². The quantitative estimate of drug-likeness (QED) is 0.589. The molecule has 9 heteroatoms. The number of hydrogen-bond acceptors (Lipinski definition) is 3. The molecule has 192 valence electrons. The normalized spacial score (nSPS) is 26.3. The molecular weight excluding hydrogens is 464 g/mol. The van der Waals surface area contributed by atoms with E-state index >= 15 is 0 Å². The van der Waals surface area contributed by atoms with Crippen molar-refractivity contribution in [1.82, 2.24) is 9.80 Å².